The number of carbonyl (C=O) groups is 1. The van der Waals surface area contributed by atoms with Gasteiger partial charge in [-0.3, -0.25) is 0 Å². The van der Waals surface area contributed by atoms with Crippen molar-refractivity contribution in [1.82, 2.24) is 0 Å². The maximum Gasteiger partial charge on any atom is 0.192 e. The number of aldehydes is 1. The van der Waals surface area contributed by atoms with Crippen LogP contribution < -0.4 is 9.47 Å². The molecule has 1 aromatic carbocycles. The lowest BCUT2D eigenvalue weighted by Crippen LogP contribution is -2.62. The topological polar surface area (TPSA) is 72.5 Å². The van der Waals surface area contributed by atoms with Gasteiger partial charge in [0.25, 0.3) is 0 Å². The Balaban J connectivity index is 1.88. The van der Waals surface area contributed by atoms with Crippen LogP contribution in [0, 0.1) is 0 Å². The number of carbonyl (C=O) groups excluding carboxylic acids is 1. The van der Waals surface area contributed by atoms with Gasteiger partial charge < -0.3 is 32.6 Å². The highest BCUT2D eigenvalue weighted by molar-refractivity contribution is 6.74. The van der Waals surface area contributed by atoms with Crippen LogP contribution in [0.3, 0.4) is 0 Å². The van der Waals surface area contributed by atoms with E-state index < -0.39 is 28.0 Å². The summed E-state index contributed by atoms with van der Waals surface area (Å²) >= 11 is 0. The molecule has 1 spiro atoms. The molecule has 0 bridgehead atoms. The van der Waals surface area contributed by atoms with Crippen LogP contribution in [0.2, 0.25) is 36.3 Å². The number of ether oxygens (including phenoxy) is 4. The van der Waals surface area contributed by atoms with Crippen molar-refractivity contribution in [2.24, 2.45) is 0 Å². The first-order valence-electron chi connectivity index (χ1n) is 16.1. The summed E-state index contributed by atoms with van der Waals surface area (Å²) in [5.74, 6) is 0.739. The van der Waals surface area contributed by atoms with Crippen LogP contribution in [-0.2, 0) is 23.1 Å². The van der Waals surface area contributed by atoms with E-state index in [1.807, 2.05) is 24.3 Å². The Labute approximate surface area is 257 Å². The van der Waals surface area contributed by atoms with Gasteiger partial charge in [0.05, 0.1) is 37.6 Å². The second-order valence-electron chi connectivity index (χ2n) is 14.2. The van der Waals surface area contributed by atoms with E-state index in [1.54, 1.807) is 7.11 Å². The van der Waals surface area contributed by atoms with Gasteiger partial charge in [-0.15, -0.1) is 0 Å². The lowest BCUT2D eigenvalue weighted by Gasteiger charge is -2.56. The molecule has 3 rings (SSSR count). The summed E-state index contributed by atoms with van der Waals surface area (Å²) in [6.07, 6.45) is 4.46. The molecule has 0 unspecified atom stereocenters. The van der Waals surface area contributed by atoms with Crippen LogP contribution in [0.15, 0.2) is 24.3 Å². The zero-order chi connectivity index (χ0) is 31.2. The zero-order valence-electron chi connectivity index (χ0n) is 28.0. The summed E-state index contributed by atoms with van der Waals surface area (Å²) in [4.78, 5) is 11.8. The first-order valence-corrected chi connectivity index (χ1v) is 21.5. The predicted octanol–water partition coefficient (Wildman–Crippen LogP) is 8.28. The number of rotatable bonds is 14. The molecule has 2 aliphatic heterocycles. The van der Waals surface area contributed by atoms with Crippen molar-refractivity contribution in [2.45, 2.75) is 153 Å². The summed E-state index contributed by atoms with van der Waals surface area (Å²) in [6.45, 7) is 20.9. The molecule has 2 saturated heterocycles. The van der Waals surface area contributed by atoms with Gasteiger partial charge in [-0.05, 0) is 73.9 Å². The van der Waals surface area contributed by atoms with Gasteiger partial charge in [-0.2, -0.15) is 0 Å². The molecule has 2 fully saturated rings. The molecule has 5 atom stereocenters. The molecule has 240 valence electrons. The summed E-state index contributed by atoms with van der Waals surface area (Å²) in [6, 6.07) is 10.9. The van der Waals surface area contributed by atoms with Gasteiger partial charge in [0, 0.05) is 32.1 Å². The first kappa shape index (κ1) is 35.2. The minimum absolute atomic E-state index is 0.0309. The molecule has 0 saturated carbocycles. The van der Waals surface area contributed by atoms with E-state index in [-0.39, 0.29) is 23.4 Å². The highest BCUT2D eigenvalue weighted by Crippen LogP contribution is 2.50. The van der Waals surface area contributed by atoms with E-state index in [2.05, 4.69) is 61.6 Å². The Bertz CT molecular complexity index is 983. The van der Waals surface area contributed by atoms with Crippen LogP contribution in [0.4, 0.5) is 0 Å². The highest BCUT2D eigenvalue weighted by Gasteiger charge is 2.56. The second kappa shape index (κ2) is 14.2. The molecule has 1 aromatic rings. The molecule has 0 aliphatic carbocycles. The maximum atomic E-state index is 11.8. The van der Waals surface area contributed by atoms with Crippen molar-refractivity contribution >= 4 is 22.9 Å². The molecule has 0 radical (unpaired) electrons. The minimum atomic E-state index is -2.11. The third-order valence-electron chi connectivity index (χ3n) is 9.91. The summed E-state index contributed by atoms with van der Waals surface area (Å²) in [5.41, 5.74) is -0.463. The molecule has 0 aromatic heterocycles. The van der Waals surface area contributed by atoms with Crippen molar-refractivity contribution in [3.8, 4) is 11.5 Å². The number of benzene rings is 1. The van der Waals surface area contributed by atoms with Gasteiger partial charge in [-0.1, -0.05) is 41.5 Å². The van der Waals surface area contributed by atoms with E-state index in [0.717, 1.165) is 42.3 Å². The fourth-order valence-electron chi connectivity index (χ4n) is 6.51. The third-order valence-corrected chi connectivity index (χ3v) is 19.2. The zero-order valence-corrected chi connectivity index (χ0v) is 30.0. The van der Waals surface area contributed by atoms with Crippen LogP contribution in [-0.4, -0.2) is 66.3 Å². The fourth-order valence-corrected chi connectivity index (χ4v) is 11.1. The van der Waals surface area contributed by atoms with Crippen molar-refractivity contribution in [3.63, 3.8) is 0 Å². The number of hydrogen-bond acceptors (Lipinski definition) is 7. The summed E-state index contributed by atoms with van der Waals surface area (Å²) < 4.78 is 39.3. The SMILES string of the molecule is CC[Si](CC)(CC)O[C@H]1C[C@H](CCOc2ccc(OC)cc2)O[C@@]2(C1)C[C@@](C)(O[Si](C)(C)C(C)(C)C)C[C@H](CC=O)O2. The van der Waals surface area contributed by atoms with Gasteiger partial charge in [0.15, 0.2) is 22.4 Å². The van der Waals surface area contributed by atoms with Crippen molar-refractivity contribution < 1.29 is 32.6 Å². The average Bonchev–Trinajstić information content (AvgIpc) is 2.90. The Morgan fingerprint density at radius 1 is 0.976 bits per heavy atom. The lowest BCUT2D eigenvalue weighted by atomic mass is 9.82. The molecular formula is C33H58O7Si2. The monoisotopic (exact) mass is 622 g/mol. The van der Waals surface area contributed by atoms with E-state index in [9.17, 15) is 4.79 Å². The quantitative estimate of drug-likeness (QED) is 0.153. The molecule has 0 N–H and O–H groups in total. The average molecular weight is 623 g/mol. The largest absolute Gasteiger partial charge is 0.497 e. The van der Waals surface area contributed by atoms with Gasteiger partial charge >= 0.3 is 0 Å². The predicted molar refractivity (Wildman–Crippen MR) is 173 cm³/mol. The van der Waals surface area contributed by atoms with Gasteiger partial charge in [0.2, 0.25) is 0 Å². The van der Waals surface area contributed by atoms with Crippen molar-refractivity contribution in [1.29, 1.82) is 0 Å². The first-order chi connectivity index (χ1) is 19.7. The summed E-state index contributed by atoms with van der Waals surface area (Å²) in [5, 5.41) is 0.0661. The molecule has 2 aliphatic rings. The number of hydrogen-bond donors (Lipinski definition) is 0. The van der Waals surface area contributed by atoms with Crippen LogP contribution in [0.1, 0.15) is 87.0 Å². The van der Waals surface area contributed by atoms with Gasteiger partial charge in [-0.25, -0.2) is 0 Å². The summed E-state index contributed by atoms with van der Waals surface area (Å²) in [7, 11) is -2.32. The van der Waals surface area contributed by atoms with E-state index in [0.29, 0.717) is 38.7 Å². The molecule has 42 heavy (non-hydrogen) atoms. The van der Waals surface area contributed by atoms with E-state index in [1.165, 1.54) is 0 Å². The molecule has 7 nitrogen and oxygen atoms in total. The second-order valence-corrected chi connectivity index (χ2v) is 23.7. The number of methoxy groups -OCH3 is 1. The molecule has 0 amide bonds. The Morgan fingerprint density at radius 3 is 2.12 bits per heavy atom. The Hall–Kier alpha value is -1.24. The minimum Gasteiger partial charge on any atom is -0.497 e. The Morgan fingerprint density at radius 2 is 1.57 bits per heavy atom. The maximum absolute atomic E-state index is 11.8. The fraction of sp³-hybridized carbons (Fsp3) is 0.788. The third kappa shape index (κ3) is 8.91. The molecule has 9 heteroatoms. The van der Waals surface area contributed by atoms with Crippen molar-refractivity contribution in [2.75, 3.05) is 13.7 Å². The standard InChI is InChI=1S/C33H58O7Si2/c1-11-42(12-2,13-3)39-30-22-28(19-21-36-27-16-14-26(35-8)15-17-27)37-33(24-30)25-32(7,23-29(38-33)18-20-34)40-41(9,10)31(4,5)6/h14-17,20,28-30H,11-13,18-19,21-25H2,1-10H3/t28-,29-,30-,32-,33+/m0/s1. The van der Waals surface area contributed by atoms with Crippen LogP contribution in [0.25, 0.3) is 0 Å². The van der Waals surface area contributed by atoms with E-state index in [4.69, 9.17) is 27.8 Å². The smallest absolute Gasteiger partial charge is 0.192 e. The van der Waals surface area contributed by atoms with E-state index >= 15 is 0 Å². The molecule has 2 heterocycles. The van der Waals surface area contributed by atoms with Crippen molar-refractivity contribution in [3.05, 3.63) is 24.3 Å². The van der Waals surface area contributed by atoms with Crippen LogP contribution in [0.5, 0.6) is 11.5 Å². The molecular weight excluding hydrogens is 565 g/mol. The highest BCUT2D eigenvalue weighted by atomic mass is 28.4. The van der Waals surface area contributed by atoms with Crippen LogP contribution >= 0.6 is 0 Å². The Kier molecular flexibility index (Phi) is 12.0. The normalized spacial score (nSPS) is 29.0. The van der Waals surface area contributed by atoms with Gasteiger partial charge in [0.1, 0.15) is 17.8 Å². The lowest BCUT2D eigenvalue weighted by molar-refractivity contribution is -0.347.